The molecule has 44 heavy (non-hydrogen) atoms. The maximum absolute atomic E-state index is 14.7. The Kier molecular flexibility index (Phi) is 7.42. The molecule has 6 heteroatoms. The van der Waals surface area contributed by atoms with Crippen LogP contribution in [0.2, 0.25) is 0 Å². The van der Waals surface area contributed by atoms with Gasteiger partial charge in [0.25, 0.3) is 5.91 Å². The first-order valence-electron chi connectivity index (χ1n) is 15.7. The highest BCUT2D eigenvalue weighted by Crippen LogP contribution is 2.47. The number of nitrogens with zero attached hydrogens (tertiary/aromatic N) is 3. The van der Waals surface area contributed by atoms with Gasteiger partial charge in [-0.2, -0.15) is 0 Å². The number of H-pyrrole nitrogens is 1. The summed E-state index contributed by atoms with van der Waals surface area (Å²) in [6, 6.07) is 35.9. The Labute approximate surface area is 258 Å². The fourth-order valence-electron chi connectivity index (χ4n) is 7.07. The third-order valence-corrected chi connectivity index (χ3v) is 9.53. The second-order valence-corrected chi connectivity index (χ2v) is 12.0. The summed E-state index contributed by atoms with van der Waals surface area (Å²) >= 11 is 0. The Morgan fingerprint density at radius 3 is 2.18 bits per heavy atom. The van der Waals surface area contributed by atoms with Crippen LogP contribution in [0.1, 0.15) is 47.8 Å². The maximum Gasteiger partial charge on any atom is 0.255 e. The topological polar surface area (TPSA) is 59.7 Å². The molecule has 6 nitrogen and oxygen atoms in total. The lowest BCUT2D eigenvalue weighted by atomic mass is 9.90. The minimum atomic E-state index is -0.592. The lowest BCUT2D eigenvalue weighted by Gasteiger charge is -2.42. The van der Waals surface area contributed by atoms with E-state index in [1.807, 2.05) is 64.4 Å². The molecule has 3 heterocycles. The highest BCUT2D eigenvalue weighted by atomic mass is 16.2. The molecule has 2 amide bonds. The first-order valence-corrected chi connectivity index (χ1v) is 15.7. The molecule has 0 radical (unpaired) electrons. The first-order chi connectivity index (χ1) is 21.6. The number of aromatic amines is 1. The molecular formula is C38H38N4O2. The van der Waals surface area contributed by atoms with Crippen LogP contribution < -0.4 is 4.90 Å². The lowest BCUT2D eigenvalue weighted by Crippen LogP contribution is -2.57. The summed E-state index contributed by atoms with van der Waals surface area (Å²) in [6.07, 6.45) is 0.784. The summed E-state index contributed by atoms with van der Waals surface area (Å²) in [7, 11) is 0. The van der Waals surface area contributed by atoms with Crippen molar-refractivity contribution in [2.45, 2.75) is 32.4 Å². The molecule has 2 aliphatic heterocycles. The van der Waals surface area contributed by atoms with E-state index in [0.29, 0.717) is 18.7 Å². The van der Waals surface area contributed by atoms with Crippen LogP contribution in [0.5, 0.6) is 0 Å². The van der Waals surface area contributed by atoms with Gasteiger partial charge in [0.2, 0.25) is 5.91 Å². The Balaban J connectivity index is 1.32. The van der Waals surface area contributed by atoms with E-state index in [4.69, 9.17) is 0 Å². The Morgan fingerprint density at radius 1 is 0.818 bits per heavy atom. The van der Waals surface area contributed by atoms with Gasteiger partial charge in [-0.05, 0) is 41.3 Å². The van der Waals surface area contributed by atoms with Crippen molar-refractivity contribution in [1.29, 1.82) is 0 Å². The van der Waals surface area contributed by atoms with Crippen molar-refractivity contribution in [3.63, 3.8) is 0 Å². The van der Waals surface area contributed by atoms with Crippen LogP contribution in [0.3, 0.4) is 0 Å². The highest BCUT2D eigenvalue weighted by molar-refractivity contribution is 6.04. The summed E-state index contributed by atoms with van der Waals surface area (Å²) < 4.78 is 0. The first kappa shape index (κ1) is 28.0. The summed E-state index contributed by atoms with van der Waals surface area (Å²) in [4.78, 5) is 39.1. The molecular weight excluding hydrogens is 544 g/mol. The van der Waals surface area contributed by atoms with Crippen molar-refractivity contribution in [2.75, 3.05) is 31.1 Å². The predicted molar refractivity (Wildman–Crippen MR) is 177 cm³/mol. The van der Waals surface area contributed by atoms with E-state index < -0.39 is 12.1 Å². The number of rotatable bonds is 7. The Hall–Kier alpha value is -4.84. The largest absolute Gasteiger partial charge is 0.368 e. The summed E-state index contributed by atoms with van der Waals surface area (Å²) in [6.45, 7) is 7.01. The molecule has 0 spiro atoms. The number of anilines is 1. The molecule has 1 N–H and O–H groups in total. The van der Waals surface area contributed by atoms with Crippen molar-refractivity contribution in [1.82, 2.24) is 14.8 Å². The van der Waals surface area contributed by atoms with Crippen LogP contribution in [0.4, 0.5) is 5.69 Å². The van der Waals surface area contributed by atoms with Gasteiger partial charge in [0.1, 0.15) is 6.04 Å². The zero-order valence-electron chi connectivity index (χ0n) is 25.3. The molecule has 5 aromatic rings. The predicted octanol–water partition coefficient (Wildman–Crippen LogP) is 7.14. The molecule has 0 aliphatic carbocycles. The third-order valence-electron chi connectivity index (χ3n) is 9.53. The van der Waals surface area contributed by atoms with E-state index >= 15 is 0 Å². The minimum Gasteiger partial charge on any atom is -0.368 e. The fourth-order valence-corrected chi connectivity index (χ4v) is 7.07. The average molecular weight is 583 g/mol. The SMILES string of the molecule is CCC(C)C(C(=O)N1CCN(c2ccccc2)CC1)N1C(=O)c2ccccc2C1c1c(-c2ccccc2)[nH]c2ccccc12. The van der Waals surface area contributed by atoms with E-state index in [2.05, 4.69) is 78.3 Å². The van der Waals surface area contributed by atoms with Gasteiger partial charge in [0.15, 0.2) is 0 Å². The van der Waals surface area contributed by atoms with Crippen molar-refractivity contribution in [3.05, 3.63) is 126 Å². The van der Waals surface area contributed by atoms with Crippen LogP contribution in [0.25, 0.3) is 22.2 Å². The molecule has 0 bridgehead atoms. The third kappa shape index (κ3) is 4.75. The number of piperazine rings is 1. The van der Waals surface area contributed by atoms with Gasteiger partial charge in [-0.1, -0.05) is 105 Å². The van der Waals surface area contributed by atoms with Gasteiger partial charge < -0.3 is 19.7 Å². The second kappa shape index (κ2) is 11.7. The number of carbonyl (C=O) groups is 2. The van der Waals surface area contributed by atoms with E-state index in [0.717, 1.165) is 52.8 Å². The Morgan fingerprint density at radius 2 is 1.45 bits per heavy atom. The van der Waals surface area contributed by atoms with Crippen LogP contribution in [-0.4, -0.2) is 58.8 Å². The maximum atomic E-state index is 14.7. The summed E-state index contributed by atoms with van der Waals surface area (Å²) in [5, 5.41) is 1.07. The smallest absolute Gasteiger partial charge is 0.255 e. The van der Waals surface area contributed by atoms with Crippen LogP contribution in [0.15, 0.2) is 109 Å². The van der Waals surface area contributed by atoms with Gasteiger partial charge in [-0.15, -0.1) is 0 Å². The number of hydrogen-bond donors (Lipinski definition) is 1. The number of amides is 2. The van der Waals surface area contributed by atoms with Gasteiger partial charge in [-0.25, -0.2) is 0 Å². The Bertz CT molecular complexity index is 1790. The lowest BCUT2D eigenvalue weighted by molar-refractivity contribution is -0.138. The summed E-state index contributed by atoms with van der Waals surface area (Å²) in [5.74, 6) is -0.0587. The highest BCUT2D eigenvalue weighted by Gasteiger charge is 2.48. The molecule has 1 saturated heterocycles. The zero-order chi connectivity index (χ0) is 30.2. The molecule has 0 saturated carbocycles. The van der Waals surface area contributed by atoms with E-state index in [1.165, 1.54) is 5.69 Å². The quantitative estimate of drug-likeness (QED) is 0.222. The molecule has 4 aromatic carbocycles. The fraction of sp³-hybridized carbons (Fsp3) is 0.263. The molecule has 1 aromatic heterocycles. The van der Waals surface area contributed by atoms with Gasteiger partial charge in [0.05, 0.1) is 11.7 Å². The average Bonchev–Trinajstić information content (AvgIpc) is 3.60. The molecule has 7 rings (SSSR count). The number of fused-ring (bicyclic) bond motifs is 2. The summed E-state index contributed by atoms with van der Waals surface area (Å²) in [5.41, 5.74) is 6.90. The number of para-hydroxylation sites is 2. The van der Waals surface area contributed by atoms with Crippen molar-refractivity contribution < 1.29 is 9.59 Å². The van der Waals surface area contributed by atoms with Crippen molar-refractivity contribution >= 4 is 28.4 Å². The number of hydrogen-bond acceptors (Lipinski definition) is 3. The molecule has 222 valence electrons. The molecule has 2 aliphatic rings. The number of aromatic nitrogens is 1. The van der Waals surface area contributed by atoms with E-state index in [9.17, 15) is 9.59 Å². The van der Waals surface area contributed by atoms with Crippen LogP contribution >= 0.6 is 0 Å². The standard InChI is InChI=1S/C38H38N4O2/c1-3-26(2)35(38(44)41-24-22-40(23-25-41)28-16-8-5-9-17-28)42-36(29-18-10-11-19-30(29)37(42)43)33-31-20-12-13-21-32(31)39-34(33)27-14-6-4-7-15-27/h4-21,26,35-36,39H,3,22-25H2,1-2H3. The zero-order valence-corrected chi connectivity index (χ0v) is 25.3. The second-order valence-electron chi connectivity index (χ2n) is 12.0. The van der Waals surface area contributed by atoms with Crippen LogP contribution in [-0.2, 0) is 4.79 Å². The van der Waals surface area contributed by atoms with Crippen molar-refractivity contribution in [2.24, 2.45) is 5.92 Å². The normalized spacial score (nSPS) is 18.0. The van der Waals surface area contributed by atoms with Gasteiger partial charge in [-0.3, -0.25) is 9.59 Å². The van der Waals surface area contributed by atoms with E-state index in [1.54, 1.807) is 0 Å². The molecule has 3 unspecified atom stereocenters. The van der Waals surface area contributed by atoms with Gasteiger partial charge in [0, 0.05) is 53.9 Å². The minimum absolute atomic E-state index is 0.0270. The number of nitrogens with one attached hydrogen (secondary N) is 1. The number of benzene rings is 4. The van der Waals surface area contributed by atoms with Crippen molar-refractivity contribution in [3.8, 4) is 11.3 Å². The van der Waals surface area contributed by atoms with Crippen LogP contribution in [0, 0.1) is 5.92 Å². The van der Waals surface area contributed by atoms with E-state index in [-0.39, 0.29) is 17.7 Å². The number of carbonyl (C=O) groups excluding carboxylic acids is 2. The van der Waals surface area contributed by atoms with Gasteiger partial charge >= 0.3 is 0 Å². The molecule has 3 atom stereocenters. The monoisotopic (exact) mass is 582 g/mol. The molecule has 1 fully saturated rings.